The van der Waals surface area contributed by atoms with Gasteiger partial charge in [-0.25, -0.2) is 0 Å². The molecule has 49 heavy (non-hydrogen) atoms. The molecule has 0 spiro atoms. The van der Waals surface area contributed by atoms with Crippen molar-refractivity contribution in [2.75, 3.05) is 69.3 Å². The van der Waals surface area contributed by atoms with Crippen molar-refractivity contribution < 1.29 is 28.8 Å². The van der Waals surface area contributed by atoms with Gasteiger partial charge in [0.25, 0.3) is 11.8 Å². The molecule has 5 heterocycles. The monoisotopic (exact) mass is 673 g/mol. The minimum Gasteiger partial charge on any atom is -0.490 e. The highest BCUT2D eigenvalue weighted by Gasteiger charge is 2.45. The van der Waals surface area contributed by atoms with E-state index in [0.717, 1.165) is 99.9 Å². The smallest absolute Gasteiger partial charge is 0.311 e. The summed E-state index contributed by atoms with van der Waals surface area (Å²) in [5.74, 6) is -1.65. The van der Waals surface area contributed by atoms with Crippen LogP contribution in [0.5, 0.6) is 5.75 Å². The summed E-state index contributed by atoms with van der Waals surface area (Å²) < 4.78 is 5.32. The molecular formula is C35H43N7O7. The summed E-state index contributed by atoms with van der Waals surface area (Å²) in [6.07, 6.45) is 4.38. The summed E-state index contributed by atoms with van der Waals surface area (Å²) >= 11 is 0. The minimum absolute atomic E-state index is 0.000297. The van der Waals surface area contributed by atoms with E-state index in [1.807, 2.05) is 13.0 Å². The lowest BCUT2D eigenvalue weighted by Gasteiger charge is -2.46. The number of aryl methyl sites for hydroxylation is 1. The van der Waals surface area contributed by atoms with Crippen LogP contribution in [-0.2, 0) is 9.59 Å². The molecule has 4 amide bonds. The number of carbonyl (C=O) groups is 4. The number of amides is 4. The van der Waals surface area contributed by atoms with E-state index in [9.17, 15) is 29.3 Å². The van der Waals surface area contributed by atoms with E-state index in [2.05, 4.69) is 24.9 Å². The molecule has 2 aromatic rings. The first-order valence-electron chi connectivity index (χ1n) is 17.3. The van der Waals surface area contributed by atoms with E-state index in [-0.39, 0.29) is 24.4 Å². The maximum absolute atomic E-state index is 13.3. The Labute approximate surface area is 285 Å². The number of rotatable bonds is 7. The number of piperazine rings is 1. The van der Waals surface area contributed by atoms with Crippen molar-refractivity contribution in [3.63, 3.8) is 0 Å². The maximum atomic E-state index is 13.3. The lowest BCUT2D eigenvalue weighted by atomic mass is 9.98. The van der Waals surface area contributed by atoms with E-state index in [1.54, 1.807) is 24.3 Å². The second-order valence-electron chi connectivity index (χ2n) is 13.8. The van der Waals surface area contributed by atoms with Crippen molar-refractivity contribution in [1.29, 1.82) is 0 Å². The van der Waals surface area contributed by atoms with Crippen LogP contribution in [0.25, 0.3) is 0 Å². The number of fused-ring (bicyclic) bond motifs is 1. The summed E-state index contributed by atoms with van der Waals surface area (Å²) in [6.45, 7) is 9.60. The number of nitrogens with one attached hydrogen (secondary N) is 1. The number of hydrogen-bond acceptors (Lipinski definition) is 11. The standard InChI is InChI=1S/C35H43N7O7/c1-22-19-30(42(47)48)31(49-2)21-29(22)40-13-9-24(10-14-40)39-17-15-38(16-18-39)23-7-11-37(12-8-23)25-3-4-26-27(20-25)35(46)41(34(26)45)28-5-6-32(43)36-33(28)44/h3-4,19-21,23-24,28H,5-18H2,1-2H3,(H,36,43,44). The summed E-state index contributed by atoms with van der Waals surface area (Å²) in [7, 11) is 1.47. The maximum Gasteiger partial charge on any atom is 0.311 e. The van der Waals surface area contributed by atoms with Crippen LogP contribution in [0.2, 0.25) is 0 Å². The van der Waals surface area contributed by atoms with Crippen molar-refractivity contribution in [2.24, 2.45) is 0 Å². The van der Waals surface area contributed by atoms with E-state index >= 15 is 0 Å². The van der Waals surface area contributed by atoms with Gasteiger partial charge in [0.1, 0.15) is 6.04 Å². The number of nitrogens with zero attached hydrogens (tertiary/aromatic N) is 6. The van der Waals surface area contributed by atoms with Gasteiger partial charge in [0.2, 0.25) is 11.8 Å². The van der Waals surface area contributed by atoms with Crippen molar-refractivity contribution in [1.82, 2.24) is 20.0 Å². The Hall–Kier alpha value is -4.56. The van der Waals surface area contributed by atoms with Crippen LogP contribution in [0.15, 0.2) is 30.3 Å². The minimum atomic E-state index is -0.964. The molecule has 2 aromatic carbocycles. The number of nitro groups is 1. The van der Waals surface area contributed by atoms with Crippen LogP contribution in [0, 0.1) is 17.0 Å². The fraction of sp³-hybridized carbons (Fsp3) is 0.543. The number of ether oxygens (including phenoxy) is 1. The van der Waals surface area contributed by atoms with Crippen molar-refractivity contribution in [2.45, 2.75) is 63.6 Å². The highest BCUT2D eigenvalue weighted by molar-refractivity contribution is 6.23. The normalized spacial score (nSPS) is 23.2. The third-order valence-corrected chi connectivity index (χ3v) is 11.1. The number of methoxy groups -OCH3 is 1. The second kappa shape index (κ2) is 13.4. The predicted octanol–water partition coefficient (Wildman–Crippen LogP) is 2.57. The van der Waals surface area contributed by atoms with Gasteiger partial charge in [-0.05, 0) is 62.8 Å². The van der Waals surface area contributed by atoms with Gasteiger partial charge in [0, 0.05) is 94.4 Å². The molecule has 0 aromatic heterocycles. The van der Waals surface area contributed by atoms with E-state index in [0.29, 0.717) is 29.0 Å². The molecule has 1 unspecified atom stereocenters. The van der Waals surface area contributed by atoms with Gasteiger partial charge in [0.15, 0.2) is 5.75 Å². The molecule has 7 rings (SSSR count). The van der Waals surface area contributed by atoms with Crippen molar-refractivity contribution >= 4 is 40.7 Å². The van der Waals surface area contributed by atoms with Gasteiger partial charge in [0.05, 0.1) is 23.2 Å². The lowest BCUT2D eigenvalue weighted by Crippen LogP contribution is -2.56. The molecule has 4 saturated heterocycles. The van der Waals surface area contributed by atoms with Crippen molar-refractivity contribution in [3.8, 4) is 5.75 Å². The van der Waals surface area contributed by atoms with Crippen molar-refractivity contribution in [3.05, 3.63) is 57.1 Å². The largest absolute Gasteiger partial charge is 0.490 e. The molecule has 5 aliphatic heterocycles. The first-order valence-corrected chi connectivity index (χ1v) is 17.3. The van der Waals surface area contributed by atoms with E-state index in [4.69, 9.17) is 4.74 Å². The molecule has 14 heteroatoms. The SMILES string of the molecule is COc1cc(N2CCC(N3CCN(C4CCN(c5ccc6c(c5)C(=O)N(C5CCC(=O)NC5=O)C6=O)CC4)CC3)CC2)c(C)cc1[N+](=O)[O-]. The summed E-state index contributed by atoms with van der Waals surface area (Å²) in [6, 6.07) is 8.84. The van der Waals surface area contributed by atoms with Gasteiger partial charge in [-0.15, -0.1) is 0 Å². The molecule has 0 radical (unpaired) electrons. The summed E-state index contributed by atoms with van der Waals surface area (Å²) in [5.41, 5.74) is 3.42. The Morgan fingerprint density at radius 1 is 0.776 bits per heavy atom. The van der Waals surface area contributed by atoms with Crippen LogP contribution >= 0.6 is 0 Å². The molecule has 1 N–H and O–H groups in total. The molecule has 4 fully saturated rings. The average molecular weight is 674 g/mol. The second-order valence-corrected chi connectivity index (χ2v) is 13.8. The van der Waals surface area contributed by atoms with Gasteiger partial charge in [-0.3, -0.25) is 49.3 Å². The molecular weight excluding hydrogens is 630 g/mol. The highest BCUT2D eigenvalue weighted by Crippen LogP contribution is 2.37. The summed E-state index contributed by atoms with van der Waals surface area (Å²) in [5, 5.41) is 13.7. The Morgan fingerprint density at radius 2 is 1.37 bits per heavy atom. The van der Waals surface area contributed by atoms with Crippen LogP contribution in [0.1, 0.15) is 64.8 Å². The zero-order valence-electron chi connectivity index (χ0n) is 28.1. The number of anilines is 2. The van der Waals surface area contributed by atoms with Crippen LogP contribution in [0.4, 0.5) is 17.1 Å². The fourth-order valence-corrected chi connectivity index (χ4v) is 8.39. The van der Waals surface area contributed by atoms with E-state index < -0.39 is 28.7 Å². The summed E-state index contributed by atoms with van der Waals surface area (Å²) in [4.78, 5) is 72.3. The molecule has 0 bridgehead atoms. The highest BCUT2D eigenvalue weighted by atomic mass is 16.6. The van der Waals surface area contributed by atoms with Crippen LogP contribution in [0.3, 0.4) is 0 Å². The molecule has 14 nitrogen and oxygen atoms in total. The Balaban J connectivity index is 0.891. The van der Waals surface area contributed by atoms with Crippen LogP contribution in [-0.4, -0.2) is 121 Å². The molecule has 0 saturated carbocycles. The molecule has 0 aliphatic carbocycles. The number of piperidine rings is 3. The first kappa shape index (κ1) is 33.0. The Kier molecular flexibility index (Phi) is 9.01. The number of nitro benzene ring substituents is 1. The zero-order chi connectivity index (χ0) is 34.4. The number of hydrogen-bond donors (Lipinski definition) is 1. The van der Waals surface area contributed by atoms with E-state index in [1.165, 1.54) is 7.11 Å². The Morgan fingerprint density at radius 3 is 1.94 bits per heavy atom. The predicted molar refractivity (Wildman–Crippen MR) is 181 cm³/mol. The van der Waals surface area contributed by atoms with Gasteiger partial charge < -0.3 is 14.5 Å². The zero-order valence-corrected chi connectivity index (χ0v) is 28.1. The Bertz CT molecular complexity index is 1670. The van der Waals surface area contributed by atoms with Crippen LogP contribution < -0.4 is 19.9 Å². The number of carbonyl (C=O) groups excluding carboxylic acids is 4. The third kappa shape index (κ3) is 6.23. The number of benzene rings is 2. The quantitative estimate of drug-likeness (QED) is 0.263. The number of imide groups is 2. The topological polar surface area (TPSA) is 149 Å². The van der Waals surface area contributed by atoms with Gasteiger partial charge >= 0.3 is 5.69 Å². The molecule has 1 atom stereocenters. The lowest BCUT2D eigenvalue weighted by molar-refractivity contribution is -0.385. The van der Waals surface area contributed by atoms with Gasteiger partial charge in [-0.2, -0.15) is 0 Å². The average Bonchev–Trinajstić information content (AvgIpc) is 3.36. The third-order valence-electron chi connectivity index (χ3n) is 11.1. The van der Waals surface area contributed by atoms with Gasteiger partial charge in [-0.1, -0.05) is 0 Å². The first-order chi connectivity index (χ1) is 23.6. The molecule has 260 valence electrons. The molecule has 5 aliphatic rings. The fourth-order valence-electron chi connectivity index (χ4n) is 8.39.